The van der Waals surface area contributed by atoms with E-state index < -0.39 is 17.8 Å². The van der Waals surface area contributed by atoms with Crippen LogP contribution in [-0.2, 0) is 9.59 Å². The maximum Gasteiger partial charge on any atom is 0.331 e. The molecule has 1 aliphatic rings. The van der Waals surface area contributed by atoms with Gasteiger partial charge in [-0.2, -0.15) is 0 Å². The molecule has 0 unspecified atom stereocenters. The Balaban J connectivity index is 1.90. The number of halogens is 1. The van der Waals surface area contributed by atoms with E-state index in [-0.39, 0.29) is 17.9 Å². The fraction of sp³-hybridized carbons (Fsp3) is 0.348. The number of nitrogens with zero attached hydrogens (tertiary/aromatic N) is 2. The number of aryl methyl sites for hydroxylation is 1. The van der Waals surface area contributed by atoms with Crippen molar-refractivity contribution in [3.8, 4) is 5.69 Å². The number of urea groups is 1. The molecule has 0 radical (unpaired) electrons. The van der Waals surface area contributed by atoms with Gasteiger partial charge in [-0.3, -0.25) is 19.8 Å². The molecule has 1 aliphatic heterocycles. The molecule has 6 nitrogen and oxygen atoms in total. The summed E-state index contributed by atoms with van der Waals surface area (Å²) < 4.78 is 15.2. The minimum Gasteiger partial charge on any atom is -0.318 e. The average Bonchev–Trinajstić information content (AvgIpc) is 2.98. The third-order valence-corrected chi connectivity index (χ3v) is 5.28. The number of imide groups is 2. The molecule has 1 aromatic heterocycles. The summed E-state index contributed by atoms with van der Waals surface area (Å²) in [6.07, 6.45) is 5.21. The van der Waals surface area contributed by atoms with Gasteiger partial charge in [0, 0.05) is 23.6 Å². The summed E-state index contributed by atoms with van der Waals surface area (Å²) in [7, 11) is 0. The normalized spacial score (nSPS) is 15.8. The fourth-order valence-electron chi connectivity index (χ4n) is 3.67. The molecule has 30 heavy (non-hydrogen) atoms. The Bertz CT molecular complexity index is 1010. The largest absolute Gasteiger partial charge is 0.331 e. The van der Waals surface area contributed by atoms with E-state index in [1.165, 1.54) is 18.2 Å². The maximum absolute atomic E-state index is 13.3. The summed E-state index contributed by atoms with van der Waals surface area (Å²) in [4.78, 5) is 38.4. The second kappa shape index (κ2) is 9.07. The van der Waals surface area contributed by atoms with Gasteiger partial charge in [-0.15, -0.1) is 0 Å². The Labute approximate surface area is 175 Å². The lowest BCUT2D eigenvalue weighted by Gasteiger charge is -2.26. The fourth-order valence-corrected chi connectivity index (χ4v) is 3.67. The second-order valence-corrected chi connectivity index (χ2v) is 7.47. The minimum atomic E-state index is -0.693. The second-order valence-electron chi connectivity index (χ2n) is 7.47. The summed E-state index contributed by atoms with van der Waals surface area (Å²) in [6.45, 7) is 6.12. The van der Waals surface area contributed by atoms with Gasteiger partial charge in [0.1, 0.15) is 11.4 Å². The van der Waals surface area contributed by atoms with E-state index in [4.69, 9.17) is 0 Å². The molecular formula is C23H26FN3O3. The number of carbonyl (C=O) groups is 3. The molecule has 2 heterocycles. The van der Waals surface area contributed by atoms with Crippen molar-refractivity contribution in [1.29, 1.82) is 0 Å². The van der Waals surface area contributed by atoms with Crippen LogP contribution in [0.2, 0.25) is 0 Å². The molecule has 0 aliphatic carbocycles. The van der Waals surface area contributed by atoms with Crippen LogP contribution in [0.5, 0.6) is 0 Å². The smallest absolute Gasteiger partial charge is 0.318 e. The van der Waals surface area contributed by atoms with Crippen LogP contribution >= 0.6 is 0 Å². The minimum absolute atomic E-state index is 0.0653. The van der Waals surface area contributed by atoms with Gasteiger partial charge in [0.15, 0.2) is 0 Å². The van der Waals surface area contributed by atoms with Crippen LogP contribution in [0, 0.1) is 19.7 Å². The highest BCUT2D eigenvalue weighted by atomic mass is 19.1. The molecule has 158 valence electrons. The number of hydrogen-bond acceptors (Lipinski definition) is 3. The van der Waals surface area contributed by atoms with Gasteiger partial charge in [0.05, 0.1) is 0 Å². The van der Waals surface area contributed by atoms with Gasteiger partial charge in [-0.1, -0.05) is 26.2 Å². The Morgan fingerprint density at radius 2 is 1.73 bits per heavy atom. The van der Waals surface area contributed by atoms with Crippen molar-refractivity contribution in [2.75, 3.05) is 6.54 Å². The standard InChI is InChI=1S/C23H26FN3O3/c1-4-5-6-7-12-26-22(29)20(21(28)25-23(26)30)14-17-13-15(2)27(16(17)3)19-10-8-18(24)9-11-19/h8-11,13-14H,4-7,12H2,1-3H3,(H,25,28,30)/b20-14-. The lowest BCUT2D eigenvalue weighted by atomic mass is 10.1. The Morgan fingerprint density at radius 3 is 2.40 bits per heavy atom. The van der Waals surface area contributed by atoms with Gasteiger partial charge in [-0.05, 0) is 62.2 Å². The van der Waals surface area contributed by atoms with Gasteiger partial charge in [-0.25, -0.2) is 9.18 Å². The first-order chi connectivity index (χ1) is 14.3. The van der Waals surface area contributed by atoms with Crippen LogP contribution in [0.1, 0.15) is 49.6 Å². The quantitative estimate of drug-likeness (QED) is 0.420. The third kappa shape index (κ3) is 4.35. The molecule has 1 N–H and O–H groups in total. The average molecular weight is 411 g/mol. The van der Waals surface area contributed by atoms with Crippen LogP contribution < -0.4 is 5.32 Å². The van der Waals surface area contributed by atoms with Crippen molar-refractivity contribution in [3.63, 3.8) is 0 Å². The number of benzene rings is 1. The number of carbonyl (C=O) groups excluding carboxylic acids is 3. The number of aromatic nitrogens is 1. The van der Waals surface area contributed by atoms with Crippen molar-refractivity contribution in [2.24, 2.45) is 0 Å². The predicted molar refractivity (Wildman–Crippen MR) is 113 cm³/mol. The zero-order chi connectivity index (χ0) is 21.8. The van der Waals surface area contributed by atoms with E-state index in [0.717, 1.165) is 41.2 Å². The van der Waals surface area contributed by atoms with E-state index in [1.54, 1.807) is 12.1 Å². The summed E-state index contributed by atoms with van der Waals surface area (Å²) in [5, 5.41) is 2.26. The summed E-state index contributed by atoms with van der Waals surface area (Å²) in [6, 6.07) is 7.28. The van der Waals surface area contributed by atoms with E-state index in [0.29, 0.717) is 12.0 Å². The first-order valence-electron chi connectivity index (χ1n) is 10.2. The van der Waals surface area contributed by atoms with E-state index in [9.17, 15) is 18.8 Å². The molecule has 1 saturated heterocycles. The van der Waals surface area contributed by atoms with Crippen LogP contribution in [0.25, 0.3) is 11.8 Å². The lowest BCUT2D eigenvalue weighted by Crippen LogP contribution is -2.54. The molecule has 0 atom stereocenters. The van der Waals surface area contributed by atoms with Crippen LogP contribution in [0.15, 0.2) is 35.9 Å². The molecule has 0 spiro atoms. The topological polar surface area (TPSA) is 71.4 Å². The van der Waals surface area contributed by atoms with Crippen molar-refractivity contribution in [1.82, 2.24) is 14.8 Å². The number of rotatable bonds is 7. The monoisotopic (exact) mass is 411 g/mol. The highest BCUT2D eigenvalue weighted by Crippen LogP contribution is 2.24. The first kappa shape index (κ1) is 21.5. The molecule has 0 saturated carbocycles. The van der Waals surface area contributed by atoms with Gasteiger partial charge >= 0.3 is 6.03 Å². The van der Waals surface area contributed by atoms with E-state index in [1.807, 2.05) is 24.5 Å². The number of unbranched alkanes of at least 4 members (excludes halogenated alkanes) is 3. The number of barbiturate groups is 1. The summed E-state index contributed by atoms with van der Waals surface area (Å²) in [5.41, 5.74) is 3.09. The molecule has 3 rings (SSSR count). The Kier molecular flexibility index (Phi) is 6.50. The molecule has 0 bridgehead atoms. The SMILES string of the molecule is CCCCCCN1C(=O)NC(=O)/C(=C/c2cc(C)n(-c3ccc(F)cc3)c2C)C1=O. The molecule has 1 aromatic carbocycles. The molecule has 2 aromatic rings. The van der Waals surface area contributed by atoms with Crippen LogP contribution in [0.4, 0.5) is 9.18 Å². The van der Waals surface area contributed by atoms with Gasteiger partial charge in [0.2, 0.25) is 0 Å². The third-order valence-electron chi connectivity index (χ3n) is 5.28. The molecule has 4 amide bonds. The molecule has 7 heteroatoms. The van der Waals surface area contributed by atoms with Gasteiger partial charge < -0.3 is 4.57 Å². The Morgan fingerprint density at radius 1 is 1.03 bits per heavy atom. The zero-order valence-electron chi connectivity index (χ0n) is 17.5. The van der Waals surface area contributed by atoms with Crippen molar-refractivity contribution >= 4 is 23.9 Å². The number of amides is 4. The summed E-state index contributed by atoms with van der Waals surface area (Å²) >= 11 is 0. The van der Waals surface area contributed by atoms with Crippen LogP contribution in [-0.4, -0.2) is 33.9 Å². The highest BCUT2D eigenvalue weighted by Gasteiger charge is 2.35. The Hall–Kier alpha value is -3.22. The van der Waals surface area contributed by atoms with Crippen molar-refractivity contribution < 1.29 is 18.8 Å². The predicted octanol–water partition coefficient (Wildman–Crippen LogP) is 4.28. The van der Waals surface area contributed by atoms with E-state index >= 15 is 0 Å². The number of nitrogens with one attached hydrogen (secondary N) is 1. The summed E-state index contributed by atoms with van der Waals surface area (Å²) in [5.74, 6) is -1.59. The molecule has 1 fully saturated rings. The van der Waals surface area contributed by atoms with Crippen molar-refractivity contribution in [2.45, 2.75) is 46.5 Å². The molecular weight excluding hydrogens is 385 g/mol. The number of hydrogen-bond donors (Lipinski definition) is 1. The lowest BCUT2D eigenvalue weighted by molar-refractivity contribution is -0.130. The zero-order valence-corrected chi connectivity index (χ0v) is 17.5. The maximum atomic E-state index is 13.3. The van der Waals surface area contributed by atoms with E-state index in [2.05, 4.69) is 12.2 Å². The van der Waals surface area contributed by atoms with Gasteiger partial charge in [0.25, 0.3) is 11.8 Å². The highest BCUT2D eigenvalue weighted by molar-refractivity contribution is 6.31. The van der Waals surface area contributed by atoms with Crippen LogP contribution in [0.3, 0.4) is 0 Å². The first-order valence-corrected chi connectivity index (χ1v) is 10.2. The van der Waals surface area contributed by atoms with Crippen molar-refractivity contribution in [3.05, 3.63) is 58.7 Å².